The number of hydrogen-bond acceptors (Lipinski definition) is 5. The maximum absolute atomic E-state index is 11.3. The minimum atomic E-state index is -0.444. The summed E-state index contributed by atoms with van der Waals surface area (Å²) >= 11 is 1.59. The second kappa shape index (κ2) is 6.58. The number of nitrogens with zero attached hydrogens (tertiary/aromatic N) is 1. The van der Waals surface area contributed by atoms with Gasteiger partial charge in [-0.3, -0.25) is 0 Å². The molecule has 1 rings (SSSR count). The Morgan fingerprint density at radius 2 is 2.17 bits per heavy atom. The lowest BCUT2D eigenvalue weighted by Crippen LogP contribution is -2.33. The third kappa shape index (κ3) is 6.44. The molecule has 1 aromatic rings. The van der Waals surface area contributed by atoms with E-state index < -0.39 is 5.60 Å². The number of ether oxygens (including phenoxy) is 1. The molecule has 2 N–H and O–H groups in total. The molecule has 102 valence electrons. The molecule has 6 heteroatoms. The summed E-state index contributed by atoms with van der Waals surface area (Å²) in [6.07, 6.45) is 0.463. The van der Waals surface area contributed by atoms with Crippen molar-refractivity contribution in [1.29, 1.82) is 0 Å². The first-order valence-corrected chi connectivity index (χ1v) is 6.87. The van der Waals surface area contributed by atoms with Gasteiger partial charge in [0.15, 0.2) is 5.13 Å². The van der Waals surface area contributed by atoms with E-state index in [1.165, 1.54) is 0 Å². The van der Waals surface area contributed by atoms with Crippen LogP contribution >= 0.6 is 11.3 Å². The predicted octanol–water partition coefficient (Wildman–Crippen LogP) is 2.78. The number of thiazole rings is 1. The van der Waals surface area contributed by atoms with Crippen LogP contribution in [0.3, 0.4) is 0 Å². The van der Waals surface area contributed by atoms with E-state index in [0.717, 1.165) is 23.8 Å². The SMILES string of the molecule is Cc1csc(NCCCNC(=O)OC(C)(C)C)n1. The highest BCUT2D eigenvalue weighted by Crippen LogP contribution is 2.13. The zero-order valence-electron chi connectivity index (χ0n) is 11.4. The number of amides is 1. The normalized spacial score (nSPS) is 11.1. The number of nitrogens with one attached hydrogen (secondary N) is 2. The maximum atomic E-state index is 11.3. The van der Waals surface area contributed by atoms with Gasteiger partial charge in [-0.25, -0.2) is 9.78 Å². The Morgan fingerprint density at radius 1 is 1.44 bits per heavy atom. The molecule has 0 saturated carbocycles. The van der Waals surface area contributed by atoms with E-state index in [0.29, 0.717) is 6.54 Å². The Bertz CT molecular complexity index is 385. The van der Waals surface area contributed by atoms with Gasteiger partial charge in [-0.1, -0.05) is 0 Å². The molecule has 0 aromatic carbocycles. The third-order valence-corrected chi connectivity index (χ3v) is 2.83. The maximum Gasteiger partial charge on any atom is 0.407 e. The van der Waals surface area contributed by atoms with Crippen molar-refractivity contribution in [3.8, 4) is 0 Å². The summed E-state index contributed by atoms with van der Waals surface area (Å²) in [6, 6.07) is 0. The quantitative estimate of drug-likeness (QED) is 0.808. The van der Waals surface area contributed by atoms with Crippen LogP contribution in [0.1, 0.15) is 32.9 Å². The van der Waals surface area contributed by atoms with Crippen molar-refractivity contribution in [3.63, 3.8) is 0 Å². The van der Waals surface area contributed by atoms with Gasteiger partial charge in [-0.2, -0.15) is 0 Å². The molecule has 0 bridgehead atoms. The Labute approximate surface area is 112 Å². The summed E-state index contributed by atoms with van der Waals surface area (Å²) in [5.74, 6) is 0. The summed E-state index contributed by atoms with van der Waals surface area (Å²) < 4.78 is 5.13. The molecule has 0 atom stereocenters. The molecule has 1 amide bonds. The van der Waals surface area contributed by atoms with Crippen LogP contribution in [0.4, 0.5) is 9.93 Å². The smallest absolute Gasteiger partial charge is 0.407 e. The molecule has 1 heterocycles. The van der Waals surface area contributed by atoms with Gasteiger partial charge in [0.1, 0.15) is 5.60 Å². The number of aryl methyl sites for hydroxylation is 1. The van der Waals surface area contributed by atoms with Gasteiger partial charge in [-0.15, -0.1) is 11.3 Å². The van der Waals surface area contributed by atoms with Crippen molar-refractivity contribution in [2.45, 2.75) is 39.7 Å². The number of carbonyl (C=O) groups is 1. The summed E-state index contributed by atoms with van der Waals surface area (Å²) in [7, 11) is 0. The first kappa shape index (κ1) is 14.8. The Hall–Kier alpha value is -1.30. The molecule has 18 heavy (non-hydrogen) atoms. The number of aromatic nitrogens is 1. The zero-order valence-corrected chi connectivity index (χ0v) is 12.2. The van der Waals surface area contributed by atoms with Crippen molar-refractivity contribution in [1.82, 2.24) is 10.3 Å². The van der Waals surface area contributed by atoms with Gasteiger partial charge in [0.25, 0.3) is 0 Å². The lowest BCUT2D eigenvalue weighted by molar-refractivity contribution is 0.0528. The second-order valence-electron chi connectivity index (χ2n) is 5.00. The van der Waals surface area contributed by atoms with E-state index in [-0.39, 0.29) is 6.09 Å². The van der Waals surface area contributed by atoms with E-state index in [9.17, 15) is 4.79 Å². The van der Waals surface area contributed by atoms with Gasteiger partial charge in [-0.05, 0) is 34.1 Å². The molecular formula is C12H21N3O2S. The first-order chi connectivity index (χ1) is 8.37. The summed E-state index contributed by atoms with van der Waals surface area (Å²) in [6.45, 7) is 8.87. The summed E-state index contributed by atoms with van der Waals surface area (Å²) in [5.41, 5.74) is 0.579. The third-order valence-electron chi connectivity index (χ3n) is 1.92. The molecule has 0 fully saturated rings. The topological polar surface area (TPSA) is 63.2 Å². The van der Waals surface area contributed by atoms with E-state index in [4.69, 9.17) is 4.74 Å². The van der Waals surface area contributed by atoms with Crippen molar-refractivity contribution >= 4 is 22.6 Å². The predicted molar refractivity (Wildman–Crippen MR) is 74.2 cm³/mol. The molecule has 0 spiro atoms. The zero-order chi connectivity index (χ0) is 13.6. The fourth-order valence-corrected chi connectivity index (χ4v) is 1.94. The number of rotatable bonds is 5. The molecule has 0 saturated heterocycles. The van der Waals surface area contributed by atoms with E-state index >= 15 is 0 Å². The monoisotopic (exact) mass is 271 g/mol. The molecule has 0 radical (unpaired) electrons. The number of anilines is 1. The largest absolute Gasteiger partial charge is 0.444 e. The highest BCUT2D eigenvalue weighted by atomic mass is 32.1. The lowest BCUT2D eigenvalue weighted by Gasteiger charge is -2.19. The molecule has 0 unspecified atom stereocenters. The Balaban J connectivity index is 2.07. The van der Waals surface area contributed by atoms with E-state index in [2.05, 4.69) is 15.6 Å². The molecule has 0 aliphatic rings. The van der Waals surface area contributed by atoms with Crippen LogP contribution < -0.4 is 10.6 Å². The average molecular weight is 271 g/mol. The minimum absolute atomic E-state index is 0.368. The van der Waals surface area contributed by atoms with Crippen LogP contribution in [0.25, 0.3) is 0 Å². The van der Waals surface area contributed by atoms with Crippen LogP contribution in [0.15, 0.2) is 5.38 Å². The van der Waals surface area contributed by atoms with Crippen LogP contribution in [0.2, 0.25) is 0 Å². The highest BCUT2D eigenvalue weighted by molar-refractivity contribution is 7.13. The van der Waals surface area contributed by atoms with E-state index in [1.807, 2.05) is 33.1 Å². The van der Waals surface area contributed by atoms with Crippen molar-refractivity contribution < 1.29 is 9.53 Å². The van der Waals surface area contributed by atoms with Gasteiger partial charge in [0.05, 0.1) is 5.69 Å². The fourth-order valence-electron chi connectivity index (χ4n) is 1.22. The van der Waals surface area contributed by atoms with Crippen molar-refractivity contribution in [2.75, 3.05) is 18.4 Å². The fraction of sp³-hybridized carbons (Fsp3) is 0.667. The van der Waals surface area contributed by atoms with Crippen LogP contribution in [0, 0.1) is 6.92 Å². The first-order valence-electron chi connectivity index (χ1n) is 6.00. The number of alkyl carbamates (subject to hydrolysis) is 1. The number of hydrogen-bond donors (Lipinski definition) is 2. The van der Waals surface area contributed by atoms with Crippen LogP contribution in [-0.2, 0) is 4.74 Å². The molecule has 1 aromatic heterocycles. The van der Waals surface area contributed by atoms with Gasteiger partial charge in [0, 0.05) is 18.5 Å². The van der Waals surface area contributed by atoms with Crippen LogP contribution in [-0.4, -0.2) is 29.8 Å². The average Bonchev–Trinajstić information content (AvgIpc) is 2.61. The second-order valence-corrected chi connectivity index (χ2v) is 5.86. The van der Waals surface area contributed by atoms with E-state index in [1.54, 1.807) is 11.3 Å². The van der Waals surface area contributed by atoms with Crippen LogP contribution in [0.5, 0.6) is 0 Å². The standard InChI is InChI=1S/C12H21N3O2S/c1-9-8-18-10(15-9)13-6-5-7-14-11(16)17-12(2,3)4/h8H,5-7H2,1-4H3,(H,13,15)(H,14,16). The van der Waals surface area contributed by atoms with Crippen molar-refractivity contribution in [3.05, 3.63) is 11.1 Å². The highest BCUT2D eigenvalue weighted by Gasteiger charge is 2.15. The Morgan fingerprint density at radius 3 is 2.72 bits per heavy atom. The lowest BCUT2D eigenvalue weighted by atomic mass is 10.2. The summed E-state index contributed by atoms with van der Waals surface area (Å²) in [4.78, 5) is 15.6. The molecule has 5 nitrogen and oxygen atoms in total. The minimum Gasteiger partial charge on any atom is -0.444 e. The molecule has 0 aliphatic heterocycles. The molecular weight excluding hydrogens is 250 g/mol. The number of carbonyl (C=O) groups excluding carboxylic acids is 1. The molecule has 0 aliphatic carbocycles. The van der Waals surface area contributed by atoms with Gasteiger partial charge in [0.2, 0.25) is 0 Å². The van der Waals surface area contributed by atoms with Gasteiger partial charge < -0.3 is 15.4 Å². The Kier molecular flexibility index (Phi) is 5.40. The van der Waals surface area contributed by atoms with Crippen molar-refractivity contribution in [2.24, 2.45) is 0 Å². The summed E-state index contributed by atoms with van der Waals surface area (Å²) in [5, 5.41) is 8.84. The van der Waals surface area contributed by atoms with Gasteiger partial charge >= 0.3 is 6.09 Å².